The average molecular weight is 311 g/mol. The summed E-state index contributed by atoms with van der Waals surface area (Å²) in [5.74, 6) is 0.300. The first-order valence-corrected chi connectivity index (χ1v) is 7.76. The summed E-state index contributed by atoms with van der Waals surface area (Å²) in [5.41, 5.74) is 2.55. The van der Waals surface area contributed by atoms with E-state index in [1.165, 1.54) is 0 Å². The number of hydrogen-bond acceptors (Lipinski definition) is 3. The molecule has 0 aliphatic heterocycles. The Bertz CT molecular complexity index is 664. The number of ether oxygens (including phenoxy) is 1. The van der Waals surface area contributed by atoms with Crippen molar-refractivity contribution in [1.29, 1.82) is 0 Å². The van der Waals surface area contributed by atoms with Crippen molar-refractivity contribution in [1.82, 2.24) is 4.90 Å². The number of carbonyl (C=O) groups is 2. The Morgan fingerprint density at radius 1 is 1.04 bits per heavy atom. The van der Waals surface area contributed by atoms with E-state index in [1.807, 2.05) is 50.2 Å². The fourth-order valence-electron chi connectivity index (χ4n) is 2.36. The summed E-state index contributed by atoms with van der Waals surface area (Å²) in [6.07, 6.45) is 1.01. The zero-order chi connectivity index (χ0) is 16.7. The SMILES string of the molecule is CCN(CC)C(=O)Oc1ccc(Cc2ccccc2)cc1C=O. The second kappa shape index (κ2) is 8.13. The Kier molecular flexibility index (Phi) is 5.92. The Morgan fingerprint density at radius 2 is 1.74 bits per heavy atom. The predicted molar refractivity (Wildman–Crippen MR) is 90.0 cm³/mol. The lowest BCUT2D eigenvalue weighted by molar-refractivity contribution is 0.111. The van der Waals surface area contributed by atoms with Gasteiger partial charge in [-0.1, -0.05) is 36.4 Å². The van der Waals surface area contributed by atoms with Crippen LogP contribution in [0.2, 0.25) is 0 Å². The Hall–Kier alpha value is -2.62. The lowest BCUT2D eigenvalue weighted by Gasteiger charge is -2.18. The number of hydrogen-bond donors (Lipinski definition) is 0. The van der Waals surface area contributed by atoms with Crippen molar-refractivity contribution in [3.05, 3.63) is 65.2 Å². The molecule has 0 heterocycles. The molecule has 0 aliphatic rings. The topological polar surface area (TPSA) is 46.6 Å². The Balaban J connectivity index is 2.16. The van der Waals surface area contributed by atoms with Crippen LogP contribution in [-0.2, 0) is 6.42 Å². The van der Waals surface area contributed by atoms with Gasteiger partial charge in [-0.25, -0.2) is 4.79 Å². The molecular weight excluding hydrogens is 290 g/mol. The van der Waals surface area contributed by atoms with Crippen molar-refractivity contribution in [3.8, 4) is 5.75 Å². The van der Waals surface area contributed by atoms with E-state index < -0.39 is 6.09 Å². The summed E-state index contributed by atoms with van der Waals surface area (Å²) in [5, 5.41) is 0. The van der Waals surface area contributed by atoms with Gasteiger partial charge in [0, 0.05) is 13.1 Å². The normalized spacial score (nSPS) is 10.2. The van der Waals surface area contributed by atoms with Crippen LogP contribution >= 0.6 is 0 Å². The van der Waals surface area contributed by atoms with Crippen LogP contribution in [-0.4, -0.2) is 30.4 Å². The molecule has 4 nitrogen and oxygen atoms in total. The van der Waals surface area contributed by atoms with Gasteiger partial charge in [0.2, 0.25) is 0 Å². The van der Waals surface area contributed by atoms with Gasteiger partial charge in [-0.15, -0.1) is 0 Å². The van der Waals surface area contributed by atoms with Crippen molar-refractivity contribution in [2.45, 2.75) is 20.3 Å². The molecule has 1 amide bonds. The standard InChI is InChI=1S/C19H21NO3/c1-3-20(4-2)19(22)23-18-11-10-16(13-17(18)14-21)12-15-8-6-5-7-9-15/h5-11,13-14H,3-4,12H2,1-2H3. The van der Waals surface area contributed by atoms with Gasteiger partial charge >= 0.3 is 6.09 Å². The van der Waals surface area contributed by atoms with Crippen LogP contribution in [0.3, 0.4) is 0 Å². The maximum absolute atomic E-state index is 12.0. The minimum Gasteiger partial charge on any atom is -0.409 e. The van der Waals surface area contributed by atoms with E-state index >= 15 is 0 Å². The number of aldehydes is 1. The highest BCUT2D eigenvalue weighted by molar-refractivity contribution is 5.82. The number of carbonyl (C=O) groups excluding carboxylic acids is 2. The third-order valence-corrected chi connectivity index (χ3v) is 3.67. The molecule has 2 aromatic rings. The number of nitrogens with zero attached hydrogens (tertiary/aromatic N) is 1. The highest BCUT2D eigenvalue weighted by atomic mass is 16.6. The molecule has 0 radical (unpaired) electrons. The first-order chi connectivity index (χ1) is 11.2. The molecule has 2 aromatic carbocycles. The maximum atomic E-state index is 12.0. The summed E-state index contributed by atoms with van der Waals surface area (Å²) in [6.45, 7) is 4.90. The maximum Gasteiger partial charge on any atom is 0.415 e. The van der Waals surface area contributed by atoms with Crippen LogP contribution in [0.25, 0.3) is 0 Å². The minimum atomic E-state index is -0.436. The molecule has 0 spiro atoms. The molecule has 0 fully saturated rings. The lowest BCUT2D eigenvalue weighted by atomic mass is 10.0. The monoisotopic (exact) mass is 311 g/mol. The molecule has 2 rings (SSSR count). The van der Waals surface area contributed by atoms with Crippen LogP contribution in [0.15, 0.2) is 48.5 Å². The van der Waals surface area contributed by atoms with Crippen LogP contribution in [0, 0.1) is 0 Å². The molecule has 0 aliphatic carbocycles. The molecule has 120 valence electrons. The average Bonchev–Trinajstić information content (AvgIpc) is 2.58. The van der Waals surface area contributed by atoms with E-state index in [0.29, 0.717) is 24.4 Å². The van der Waals surface area contributed by atoms with Gasteiger partial charge in [-0.3, -0.25) is 4.79 Å². The van der Waals surface area contributed by atoms with Crippen LogP contribution in [0.1, 0.15) is 35.3 Å². The molecular formula is C19H21NO3. The molecule has 0 N–H and O–H groups in total. The number of benzene rings is 2. The molecule has 0 saturated carbocycles. The van der Waals surface area contributed by atoms with Gasteiger partial charge in [-0.05, 0) is 43.5 Å². The lowest BCUT2D eigenvalue weighted by Crippen LogP contribution is -2.33. The number of rotatable bonds is 6. The molecule has 0 saturated heterocycles. The molecule has 0 bridgehead atoms. The summed E-state index contributed by atoms with van der Waals surface area (Å²) in [4.78, 5) is 24.9. The van der Waals surface area contributed by atoms with Crippen molar-refractivity contribution < 1.29 is 14.3 Å². The van der Waals surface area contributed by atoms with E-state index in [0.717, 1.165) is 23.8 Å². The predicted octanol–water partition coefficient (Wildman–Crippen LogP) is 3.93. The van der Waals surface area contributed by atoms with Gasteiger partial charge in [0.05, 0.1) is 5.56 Å². The van der Waals surface area contributed by atoms with E-state index in [2.05, 4.69) is 0 Å². The van der Waals surface area contributed by atoms with E-state index in [-0.39, 0.29) is 0 Å². The van der Waals surface area contributed by atoms with Crippen molar-refractivity contribution in [3.63, 3.8) is 0 Å². The molecule has 23 heavy (non-hydrogen) atoms. The van der Waals surface area contributed by atoms with Gasteiger partial charge in [0.1, 0.15) is 5.75 Å². The zero-order valence-electron chi connectivity index (χ0n) is 13.5. The molecule has 4 heteroatoms. The zero-order valence-corrected chi connectivity index (χ0v) is 13.5. The first-order valence-electron chi connectivity index (χ1n) is 7.76. The second-order valence-corrected chi connectivity index (χ2v) is 5.19. The van der Waals surface area contributed by atoms with Crippen LogP contribution < -0.4 is 4.74 Å². The van der Waals surface area contributed by atoms with E-state index in [4.69, 9.17) is 4.74 Å². The summed E-state index contributed by atoms with van der Waals surface area (Å²) in [6, 6.07) is 15.3. The Labute approximate surface area is 136 Å². The smallest absolute Gasteiger partial charge is 0.409 e. The largest absolute Gasteiger partial charge is 0.415 e. The Morgan fingerprint density at radius 3 is 2.35 bits per heavy atom. The molecule has 0 atom stereocenters. The number of amides is 1. The van der Waals surface area contributed by atoms with Gasteiger partial charge < -0.3 is 9.64 Å². The van der Waals surface area contributed by atoms with Gasteiger partial charge in [-0.2, -0.15) is 0 Å². The quantitative estimate of drug-likeness (QED) is 0.759. The molecule has 0 unspecified atom stereocenters. The van der Waals surface area contributed by atoms with Gasteiger partial charge in [0.15, 0.2) is 6.29 Å². The summed E-state index contributed by atoms with van der Waals surface area (Å²) in [7, 11) is 0. The second-order valence-electron chi connectivity index (χ2n) is 5.19. The summed E-state index contributed by atoms with van der Waals surface area (Å²) >= 11 is 0. The minimum absolute atomic E-state index is 0.300. The van der Waals surface area contributed by atoms with Crippen molar-refractivity contribution in [2.75, 3.05) is 13.1 Å². The first kappa shape index (κ1) is 16.7. The third-order valence-electron chi connectivity index (χ3n) is 3.67. The van der Waals surface area contributed by atoms with E-state index in [9.17, 15) is 9.59 Å². The fourth-order valence-corrected chi connectivity index (χ4v) is 2.36. The van der Waals surface area contributed by atoms with Crippen LogP contribution in [0.5, 0.6) is 5.75 Å². The van der Waals surface area contributed by atoms with E-state index in [1.54, 1.807) is 17.0 Å². The molecule has 0 aromatic heterocycles. The highest BCUT2D eigenvalue weighted by Crippen LogP contribution is 2.21. The van der Waals surface area contributed by atoms with Crippen LogP contribution in [0.4, 0.5) is 4.79 Å². The third kappa shape index (κ3) is 4.42. The van der Waals surface area contributed by atoms with Crippen molar-refractivity contribution >= 4 is 12.4 Å². The van der Waals surface area contributed by atoms with Gasteiger partial charge in [0.25, 0.3) is 0 Å². The highest BCUT2D eigenvalue weighted by Gasteiger charge is 2.14. The fraction of sp³-hybridized carbons (Fsp3) is 0.263. The van der Waals surface area contributed by atoms with Crippen molar-refractivity contribution in [2.24, 2.45) is 0 Å². The summed E-state index contributed by atoms with van der Waals surface area (Å²) < 4.78 is 5.34.